The van der Waals surface area contributed by atoms with Crippen LogP contribution in [0.1, 0.15) is 26.2 Å². The van der Waals surface area contributed by atoms with Gasteiger partial charge in [-0.25, -0.2) is 4.79 Å². The van der Waals surface area contributed by atoms with Gasteiger partial charge in [-0.2, -0.15) is 0 Å². The lowest BCUT2D eigenvalue weighted by Gasteiger charge is -2.28. The van der Waals surface area contributed by atoms with E-state index in [-0.39, 0.29) is 6.09 Å². The molecule has 2 rings (SSSR count). The van der Waals surface area contributed by atoms with E-state index in [1.165, 1.54) is 0 Å². The van der Waals surface area contributed by atoms with Crippen molar-refractivity contribution in [2.24, 2.45) is 0 Å². The van der Waals surface area contributed by atoms with Crippen LogP contribution < -0.4 is 0 Å². The first-order valence-electron chi connectivity index (χ1n) is 6.11. The average Bonchev–Trinajstić information content (AvgIpc) is 2.80. The van der Waals surface area contributed by atoms with Crippen LogP contribution in [0, 0.1) is 0 Å². The molecule has 1 saturated heterocycles. The van der Waals surface area contributed by atoms with Gasteiger partial charge >= 0.3 is 6.09 Å². The highest BCUT2D eigenvalue weighted by Crippen LogP contribution is 2.22. The van der Waals surface area contributed by atoms with Gasteiger partial charge in [0.25, 0.3) is 0 Å². The Labute approximate surface area is 101 Å². The van der Waals surface area contributed by atoms with Gasteiger partial charge < -0.3 is 9.64 Å². The van der Waals surface area contributed by atoms with Crippen LogP contribution in [0.25, 0.3) is 0 Å². The summed E-state index contributed by atoms with van der Waals surface area (Å²) >= 11 is 0. The van der Waals surface area contributed by atoms with Gasteiger partial charge in [0.2, 0.25) is 0 Å². The third-order valence-corrected chi connectivity index (χ3v) is 3.14. The number of Topliss-reactive ketones (excluding diaryl/α,β-unsaturated/α-hetero) is 1. The molecule has 2 aliphatic rings. The van der Waals surface area contributed by atoms with Gasteiger partial charge in [-0.05, 0) is 6.92 Å². The van der Waals surface area contributed by atoms with Crippen LogP contribution in [0.15, 0.2) is 11.9 Å². The molecular formula is C12H18N2O3. The molecule has 0 spiro atoms. The Hall–Kier alpha value is -1.52. The summed E-state index contributed by atoms with van der Waals surface area (Å²) < 4.78 is 4.95. The molecule has 0 atom stereocenters. The van der Waals surface area contributed by atoms with Crippen molar-refractivity contribution < 1.29 is 14.3 Å². The van der Waals surface area contributed by atoms with Crippen LogP contribution in [0.4, 0.5) is 4.79 Å². The largest absolute Gasteiger partial charge is 0.449 e. The first kappa shape index (κ1) is 12.0. The van der Waals surface area contributed by atoms with Crippen LogP contribution in [-0.2, 0) is 9.53 Å². The quantitative estimate of drug-likeness (QED) is 0.728. The molecular weight excluding hydrogens is 220 g/mol. The minimum atomic E-state index is -0.282. The minimum absolute atomic E-state index is 0.282. The second-order valence-corrected chi connectivity index (χ2v) is 4.29. The molecule has 94 valence electrons. The molecule has 2 aliphatic heterocycles. The summed E-state index contributed by atoms with van der Waals surface area (Å²) in [5.41, 5.74) is 1.14. The number of ketones is 1. The molecule has 0 aromatic heterocycles. The van der Waals surface area contributed by atoms with E-state index in [9.17, 15) is 9.59 Å². The van der Waals surface area contributed by atoms with Crippen molar-refractivity contribution in [3.63, 3.8) is 0 Å². The summed E-state index contributed by atoms with van der Waals surface area (Å²) in [6, 6.07) is 0. The maximum Gasteiger partial charge on any atom is 0.413 e. The predicted octanol–water partition coefficient (Wildman–Crippen LogP) is 1.35. The number of rotatable bonds is 2. The second kappa shape index (κ2) is 5.21. The number of amides is 1. The minimum Gasteiger partial charge on any atom is -0.449 e. The van der Waals surface area contributed by atoms with Crippen molar-refractivity contribution in [3.8, 4) is 0 Å². The Kier molecular flexibility index (Phi) is 3.66. The van der Waals surface area contributed by atoms with Crippen LogP contribution in [0.5, 0.6) is 0 Å². The van der Waals surface area contributed by atoms with E-state index in [0.717, 1.165) is 25.2 Å². The normalized spacial score (nSPS) is 20.5. The van der Waals surface area contributed by atoms with E-state index < -0.39 is 0 Å². The highest BCUT2D eigenvalue weighted by atomic mass is 16.6. The Bertz CT molecular complexity index is 342. The van der Waals surface area contributed by atoms with Gasteiger partial charge in [0, 0.05) is 50.8 Å². The van der Waals surface area contributed by atoms with Gasteiger partial charge in [0.15, 0.2) is 0 Å². The Morgan fingerprint density at radius 1 is 1.29 bits per heavy atom. The van der Waals surface area contributed by atoms with Crippen LogP contribution >= 0.6 is 0 Å². The molecule has 5 nitrogen and oxygen atoms in total. The predicted molar refractivity (Wildman–Crippen MR) is 62.2 cm³/mol. The summed E-state index contributed by atoms with van der Waals surface area (Å²) in [5.74, 6) is 0.335. The number of hydrogen-bond acceptors (Lipinski definition) is 4. The molecule has 2 heterocycles. The van der Waals surface area contributed by atoms with E-state index in [1.807, 2.05) is 6.20 Å². The van der Waals surface area contributed by atoms with Crippen molar-refractivity contribution in [1.82, 2.24) is 9.80 Å². The number of likely N-dealkylation sites (tertiary alicyclic amines) is 1. The van der Waals surface area contributed by atoms with Crippen LogP contribution in [0.2, 0.25) is 0 Å². The molecule has 17 heavy (non-hydrogen) atoms. The smallest absolute Gasteiger partial charge is 0.413 e. The molecule has 0 saturated carbocycles. The van der Waals surface area contributed by atoms with E-state index in [0.29, 0.717) is 31.8 Å². The molecule has 0 aliphatic carbocycles. The first-order valence-corrected chi connectivity index (χ1v) is 6.11. The fraction of sp³-hybridized carbons (Fsp3) is 0.667. The highest BCUT2D eigenvalue weighted by Gasteiger charge is 2.25. The van der Waals surface area contributed by atoms with Crippen molar-refractivity contribution >= 4 is 11.9 Å². The van der Waals surface area contributed by atoms with E-state index in [4.69, 9.17) is 4.74 Å². The fourth-order valence-corrected chi connectivity index (χ4v) is 2.18. The zero-order chi connectivity index (χ0) is 12.3. The third kappa shape index (κ3) is 2.78. The second-order valence-electron chi connectivity index (χ2n) is 4.29. The molecule has 0 N–H and O–H groups in total. The molecule has 1 amide bonds. The average molecular weight is 238 g/mol. The molecule has 0 aromatic carbocycles. The molecule has 0 aromatic rings. The maximum atomic E-state index is 11.5. The fourth-order valence-electron chi connectivity index (χ4n) is 2.18. The van der Waals surface area contributed by atoms with E-state index in [1.54, 1.807) is 11.8 Å². The molecule has 0 unspecified atom stereocenters. The summed E-state index contributed by atoms with van der Waals surface area (Å²) in [6.07, 6.45) is 3.67. The van der Waals surface area contributed by atoms with Gasteiger partial charge in [0.05, 0.1) is 6.61 Å². The Morgan fingerprint density at radius 2 is 2.00 bits per heavy atom. The van der Waals surface area contributed by atoms with Crippen molar-refractivity contribution in [2.75, 3.05) is 26.2 Å². The van der Waals surface area contributed by atoms with Gasteiger partial charge in [-0.1, -0.05) is 0 Å². The number of nitrogens with zero attached hydrogens (tertiary/aromatic N) is 2. The Balaban J connectivity index is 1.92. The van der Waals surface area contributed by atoms with Crippen LogP contribution in [0.3, 0.4) is 0 Å². The molecule has 5 heteroatoms. The summed E-state index contributed by atoms with van der Waals surface area (Å²) in [5, 5.41) is 0. The Morgan fingerprint density at radius 3 is 2.65 bits per heavy atom. The summed E-state index contributed by atoms with van der Waals surface area (Å²) in [7, 11) is 0. The van der Waals surface area contributed by atoms with Gasteiger partial charge in [-0.3, -0.25) is 9.69 Å². The third-order valence-electron chi connectivity index (χ3n) is 3.14. The zero-order valence-electron chi connectivity index (χ0n) is 10.1. The standard InChI is InChI=1S/C12H18N2O3/c1-2-17-12(16)14-6-3-10(9-14)13-7-4-11(15)5-8-13/h9H,2-8H2,1H3. The topological polar surface area (TPSA) is 49.9 Å². The summed E-state index contributed by atoms with van der Waals surface area (Å²) in [4.78, 5) is 26.5. The van der Waals surface area contributed by atoms with E-state index >= 15 is 0 Å². The number of piperidine rings is 1. The monoisotopic (exact) mass is 238 g/mol. The molecule has 1 fully saturated rings. The van der Waals surface area contributed by atoms with Gasteiger partial charge in [0.1, 0.15) is 5.78 Å². The first-order chi connectivity index (χ1) is 8.20. The lowest BCUT2D eigenvalue weighted by Crippen LogP contribution is -2.32. The summed E-state index contributed by atoms with van der Waals surface area (Å²) in [6.45, 7) is 4.44. The van der Waals surface area contributed by atoms with E-state index in [2.05, 4.69) is 4.90 Å². The molecule has 0 bridgehead atoms. The number of ether oxygens (including phenoxy) is 1. The maximum absolute atomic E-state index is 11.5. The number of hydrogen-bond donors (Lipinski definition) is 0. The zero-order valence-corrected chi connectivity index (χ0v) is 10.1. The highest BCUT2D eigenvalue weighted by molar-refractivity contribution is 5.79. The lowest BCUT2D eigenvalue weighted by molar-refractivity contribution is -0.121. The van der Waals surface area contributed by atoms with Crippen molar-refractivity contribution in [2.45, 2.75) is 26.2 Å². The SMILES string of the molecule is CCOC(=O)N1C=C(N2CCC(=O)CC2)CC1. The van der Waals surface area contributed by atoms with Crippen molar-refractivity contribution in [1.29, 1.82) is 0 Å². The number of carbonyl (C=O) groups is 2. The van der Waals surface area contributed by atoms with Crippen molar-refractivity contribution in [3.05, 3.63) is 11.9 Å². The van der Waals surface area contributed by atoms with Crippen LogP contribution in [-0.4, -0.2) is 47.9 Å². The lowest BCUT2D eigenvalue weighted by atomic mass is 10.1. The van der Waals surface area contributed by atoms with Gasteiger partial charge in [-0.15, -0.1) is 0 Å². The molecule has 0 radical (unpaired) electrons. The number of carbonyl (C=O) groups excluding carboxylic acids is 2.